The fraction of sp³-hybridized carbons (Fsp3) is 0.182. The first-order chi connectivity index (χ1) is 7.05. The summed E-state index contributed by atoms with van der Waals surface area (Å²) in [5, 5.41) is 0. The van der Waals surface area contributed by atoms with Gasteiger partial charge in [0.1, 0.15) is 0 Å². The minimum atomic E-state index is -4.38. The number of hydrogen-bond donors (Lipinski definition) is 0. The molecule has 0 bridgehead atoms. The molecular formula is C11H7F3O. The molecule has 78 valence electrons. The molecule has 1 aromatic rings. The molecule has 1 aromatic carbocycles. The van der Waals surface area contributed by atoms with E-state index in [1.807, 2.05) is 0 Å². The van der Waals surface area contributed by atoms with E-state index in [4.69, 9.17) is 0 Å². The molecule has 0 atom stereocenters. The highest BCUT2D eigenvalue weighted by Gasteiger charge is 2.32. The van der Waals surface area contributed by atoms with Gasteiger partial charge in [0.15, 0.2) is 6.29 Å². The quantitative estimate of drug-likeness (QED) is 0.516. The van der Waals surface area contributed by atoms with Gasteiger partial charge in [-0.15, -0.1) is 0 Å². The average Bonchev–Trinajstić information content (AvgIpc) is 2.17. The fourth-order valence-corrected chi connectivity index (χ4v) is 1.14. The highest BCUT2D eigenvalue weighted by atomic mass is 19.4. The Morgan fingerprint density at radius 1 is 1.27 bits per heavy atom. The van der Waals surface area contributed by atoms with Crippen molar-refractivity contribution in [3.8, 4) is 11.8 Å². The van der Waals surface area contributed by atoms with Crippen LogP contribution >= 0.6 is 0 Å². The van der Waals surface area contributed by atoms with Crippen molar-refractivity contribution in [2.75, 3.05) is 0 Å². The van der Waals surface area contributed by atoms with E-state index in [-0.39, 0.29) is 12.0 Å². The molecule has 0 aromatic heterocycles. The van der Waals surface area contributed by atoms with Crippen LogP contribution in [0.1, 0.15) is 11.1 Å². The zero-order valence-electron chi connectivity index (χ0n) is 7.64. The van der Waals surface area contributed by atoms with E-state index >= 15 is 0 Å². The van der Waals surface area contributed by atoms with Gasteiger partial charge in [0.05, 0.1) is 5.56 Å². The standard InChI is InChI=1S/C11H7F3O/c12-11(13,14)10-7-2-1-5-9(10)6-3-4-8-15/h1-2,5,7-8H,6H2. The second-order valence-electron chi connectivity index (χ2n) is 2.77. The van der Waals surface area contributed by atoms with Crippen LogP contribution in [0.4, 0.5) is 13.2 Å². The average molecular weight is 212 g/mol. The Hall–Kier alpha value is -1.76. The van der Waals surface area contributed by atoms with Crippen LogP contribution in [0.5, 0.6) is 0 Å². The molecule has 0 aliphatic carbocycles. The Morgan fingerprint density at radius 3 is 2.53 bits per heavy atom. The van der Waals surface area contributed by atoms with Gasteiger partial charge in [0.2, 0.25) is 0 Å². The maximum absolute atomic E-state index is 12.4. The van der Waals surface area contributed by atoms with Gasteiger partial charge < -0.3 is 0 Å². The van der Waals surface area contributed by atoms with E-state index in [0.717, 1.165) is 6.07 Å². The second kappa shape index (κ2) is 4.65. The predicted octanol–water partition coefficient (Wildman–Crippen LogP) is 2.45. The first-order valence-electron chi connectivity index (χ1n) is 4.13. The fourth-order valence-electron chi connectivity index (χ4n) is 1.14. The molecule has 0 spiro atoms. The maximum Gasteiger partial charge on any atom is 0.416 e. The van der Waals surface area contributed by atoms with Crippen LogP contribution in [0.25, 0.3) is 0 Å². The molecule has 0 saturated heterocycles. The van der Waals surface area contributed by atoms with Gasteiger partial charge in [-0.1, -0.05) is 24.1 Å². The molecule has 0 saturated carbocycles. The lowest BCUT2D eigenvalue weighted by Gasteiger charge is -2.10. The first-order valence-corrected chi connectivity index (χ1v) is 4.13. The third-order valence-electron chi connectivity index (χ3n) is 1.76. The Morgan fingerprint density at radius 2 is 1.93 bits per heavy atom. The third-order valence-corrected chi connectivity index (χ3v) is 1.76. The van der Waals surface area contributed by atoms with E-state index in [1.165, 1.54) is 18.2 Å². The highest BCUT2D eigenvalue weighted by molar-refractivity contribution is 5.72. The summed E-state index contributed by atoms with van der Waals surface area (Å²) in [6.45, 7) is 0. The third kappa shape index (κ3) is 3.13. The maximum atomic E-state index is 12.4. The molecule has 0 heterocycles. The van der Waals surface area contributed by atoms with E-state index < -0.39 is 11.7 Å². The van der Waals surface area contributed by atoms with Crippen molar-refractivity contribution in [2.45, 2.75) is 12.6 Å². The lowest BCUT2D eigenvalue weighted by molar-refractivity contribution is -0.138. The van der Waals surface area contributed by atoms with Gasteiger partial charge in [0, 0.05) is 6.42 Å². The van der Waals surface area contributed by atoms with Crippen molar-refractivity contribution in [1.82, 2.24) is 0 Å². The molecule has 0 N–H and O–H groups in total. The van der Waals surface area contributed by atoms with Gasteiger partial charge >= 0.3 is 6.18 Å². The molecule has 15 heavy (non-hydrogen) atoms. The molecule has 0 unspecified atom stereocenters. The summed E-state index contributed by atoms with van der Waals surface area (Å²) in [7, 11) is 0. The Balaban J connectivity index is 3.02. The lowest BCUT2D eigenvalue weighted by Crippen LogP contribution is -2.08. The number of aldehydes is 1. The normalized spacial score (nSPS) is 10.3. The van der Waals surface area contributed by atoms with Crippen LogP contribution in [0.3, 0.4) is 0 Å². The van der Waals surface area contributed by atoms with E-state index in [0.29, 0.717) is 6.29 Å². The van der Waals surface area contributed by atoms with Gasteiger partial charge in [-0.25, -0.2) is 0 Å². The number of benzene rings is 1. The summed E-state index contributed by atoms with van der Waals surface area (Å²) in [6.07, 6.45) is -4.09. The summed E-state index contributed by atoms with van der Waals surface area (Å²) in [4.78, 5) is 9.88. The number of halogens is 3. The summed E-state index contributed by atoms with van der Waals surface area (Å²) in [5.41, 5.74) is -0.621. The zero-order valence-corrected chi connectivity index (χ0v) is 7.64. The summed E-state index contributed by atoms with van der Waals surface area (Å²) in [6, 6.07) is 5.17. The first kappa shape index (κ1) is 11.3. The molecule has 0 radical (unpaired) electrons. The molecule has 1 rings (SSSR count). The second-order valence-corrected chi connectivity index (χ2v) is 2.77. The molecule has 0 aliphatic rings. The number of carbonyl (C=O) groups is 1. The molecular weight excluding hydrogens is 205 g/mol. The zero-order chi connectivity index (χ0) is 11.3. The smallest absolute Gasteiger partial charge is 0.289 e. The van der Waals surface area contributed by atoms with Crippen LogP contribution in [-0.4, -0.2) is 6.29 Å². The number of hydrogen-bond acceptors (Lipinski definition) is 1. The van der Waals surface area contributed by atoms with E-state index in [1.54, 1.807) is 0 Å². The van der Waals surface area contributed by atoms with Crippen LogP contribution in [-0.2, 0) is 17.4 Å². The van der Waals surface area contributed by atoms with Crippen molar-refractivity contribution >= 4 is 6.29 Å². The van der Waals surface area contributed by atoms with E-state index in [9.17, 15) is 18.0 Å². The number of alkyl halides is 3. The highest BCUT2D eigenvalue weighted by Crippen LogP contribution is 2.31. The molecule has 1 nitrogen and oxygen atoms in total. The number of carbonyl (C=O) groups excluding carboxylic acids is 1. The Bertz CT molecular complexity index is 410. The van der Waals surface area contributed by atoms with Crippen molar-refractivity contribution < 1.29 is 18.0 Å². The van der Waals surface area contributed by atoms with Crippen molar-refractivity contribution in [3.05, 3.63) is 35.4 Å². The topological polar surface area (TPSA) is 17.1 Å². The summed E-state index contributed by atoms with van der Waals surface area (Å²) in [5.74, 6) is 4.42. The molecule has 0 aliphatic heterocycles. The lowest BCUT2D eigenvalue weighted by atomic mass is 10.0. The van der Waals surface area contributed by atoms with Crippen molar-refractivity contribution in [3.63, 3.8) is 0 Å². The SMILES string of the molecule is O=CC#CCc1ccccc1C(F)(F)F. The molecule has 0 fully saturated rings. The molecule has 0 amide bonds. The van der Waals surface area contributed by atoms with E-state index in [2.05, 4.69) is 11.8 Å². The predicted molar refractivity (Wildman–Crippen MR) is 49.0 cm³/mol. The minimum absolute atomic E-state index is 0.0750. The van der Waals surface area contributed by atoms with Gasteiger partial charge in [-0.2, -0.15) is 13.2 Å². The monoisotopic (exact) mass is 212 g/mol. The van der Waals surface area contributed by atoms with Crippen molar-refractivity contribution in [2.24, 2.45) is 0 Å². The van der Waals surface area contributed by atoms with Crippen LogP contribution < -0.4 is 0 Å². The van der Waals surface area contributed by atoms with Gasteiger partial charge in [-0.05, 0) is 17.6 Å². The van der Waals surface area contributed by atoms with Gasteiger partial charge in [-0.3, -0.25) is 4.79 Å². The Labute approximate surface area is 84.9 Å². The number of rotatable bonds is 1. The summed E-state index contributed by atoms with van der Waals surface area (Å²) < 4.78 is 37.3. The minimum Gasteiger partial charge on any atom is -0.289 e. The summed E-state index contributed by atoms with van der Waals surface area (Å²) >= 11 is 0. The van der Waals surface area contributed by atoms with Crippen LogP contribution in [0, 0.1) is 11.8 Å². The van der Waals surface area contributed by atoms with Crippen LogP contribution in [0.15, 0.2) is 24.3 Å². The largest absolute Gasteiger partial charge is 0.416 e. The van der Waals surface area contributed by atoms with Gasteiger partial charge in [0.25, 0.3) is 0 Å². The van der Waals surface area contributed by atoms with Crippen LogP contribution in [0.2, 0.25) is 0 Å². The Kier molecular flexibility index (Phi) is 3.51. The van der Waals surface area contributed by atoms with Crippen molar-refractivity contribution in [1.29, 1.82) is 0 Å². The molecule has 4 heteroatoms.